The Bertz CT molecular complexity index is 991. The molecule has 0 fully saturated rings. The Kier molecular flexibility index (Phi) is 5.79. The zero-order valence-electron chi connectivity index (χ0n) is 16.4. The molecule has 5 heteroatoms. The van der Waals surface area contributed by atoms with Crippen LogP contribution in [0.1, 0.15) is 38.3 Å². The summed E-state index contributed by atoms with van der Waals surface area (Å²) in [6, 6.07) is 14.1. The average molecular weight is 364 g/mol. The van der Waals surface area contributed by atoms with Crippen molar-refractivity contribution in [3.05, 3.63) is 59.2 Å². The zero-order valence-corrected chi connectivity index (χ0v) is 16.4. The number of amides is 1. The Labute approximate surface area is 160 Å². The number of hydrogen-bond acceptors (Lipinski definition) is 2. The summed E-state index contributed by atoms with van der Waals surface area (Å²) in [6.07, 6.45) is 2.69. The van der Waals surface area contributed by atoms with Crippen molar-refractivity contribution < 1.29 is 4.79 Å². The summed E-state index contributed by atoms with van der Waals surface area (Å²) in [6.45, 7) is 7.20. The van der Waals surface area contributed by atoms with Crippen LogP contribution in [0.15, 0.2) is 42.5 Å². The lowest BCUT2D eigenvalue weighted by Crippen LogP contribution is -2.30. The van der Waals surface area contributed by atoms with E-state index in [0.29, 0.717) is 5.62 Å². The number of fused-ring (bicyclic) bond motifs is 1. The first-order chi connectivity index (χ1) is 13.1. The van der Waals surface area contributed by atoms with Crippen molar-refractivity contribution in [3.63, 3.8) is 0 Å². The van der Waals surface area contributed by atoms with Gasteiger partial charge in [-0.25, -0.2) is 0 Å². The first-order valence-corrected chi connectivity index (χ1v) is 9.73. The number of para-hydroxylation sites is 3. The average Bonchev–Trinajstić information content (AvgIpc) is 2.94. The minimum Gasteiger partial charge on any atom is -0.324 e. The fourth-order valence-electron chi connectivity index (χ4n) is 3.63. The van der Waals surface area contributed by atoms with Crippen molar-refractivity contribution in [1.29, 1.82) is 5.41 Å². The number of carbonyl (C=O) groups is 1. The number of benzene rings is 2. The van der Waals surface area contributed by atoms with E-state index in [4.69, 9.17) is 5.41 Å². The molecule has 1 amide bonds. The van der Waals surface area contributed by atoms with Crippen LogP contribution in [0.2, 0.25) is 0 Å². The number of anilines is 1. The molecule has 0 aliphatic carbocycles. The second kappa shape index (κ2) is 8.25. The first-order valence-electron chi connectivity index (χ1n) is 9.73. The van der Waals surface area contributed by atoms with Gasteiger partial charge in [-0.15, -0.1) is 0 Å². The SMILES string of the molecule is CCCn1c(=N)n(CC(=O)Nc2c(CC)cccc2CC)c2ccccc21. The summed E-state index contributed by atoms with van der Waals surface area (Å²) in [5, 5.41) is 11.7. The van der Waals surface area contributed by atoms with Gasteiger partial charge >= 0.3 is 0 Å². The van der Waals surface area contributed by atoms with Crippen LogP contribution in [0.4, 0.5) is 5.69 Å². The molecule has 0 aliphatic heterocycles. The van der Waals surface area contributed by atoms with E-state index < -0.39 is 0 Å². The molecule has 3 aromatic rings. The van der Waals surface area contributed by atoms with Crippen molar-refractivity contribution in [1.82, 2.24) is 9.13 Å². The summed E-state index contributed by atoms with van der Waals surface area (Å²) in [5.41, 5.74) is 5.51. The Morgan fingerprint density at radius 3 is 2.07 bits per heavy atom. The van der Waals surface area contributed by atoms with E-state index in [0.717, 1.165) is 53.7 Å². The standard InChI is InChI=1S/C22H28N4O/c1-4-14-25-18-12-7-8-13-19(18)26(22(25)23)15-20(27)24-21-16(5-2)10-9-11-17(21)6-3/h7-13,23H,4-6,14-15H2,1-3H3,(H,24,27). The monoisotopic (exact) mass is 364 g/mol. The molecule has 0 unspecified atom stereocenters. The van der Waals surface area contributed by atoms with Crippen LogP contribution in [-0.2, 0) is 30.7 Å². The molecule has 1 aromatic heterocycles. The van der Waals surface area contributed by atoms with Crippen LogP contribution >= 0.6 is 0 Å². The number of nitrogens with zero attached hydrogens (tertiary/aromatic N) is 2. The van der Waals surface area contributed by atoms with Crippen molar-refractivity contribution in [3.8, 4) is 0 Å². The predicted octanol–water partition coefficient (Wildman–Crippen LogP) is 4.10. The van der Waals surface area contributed by atoms with E-state index in [2.05, 4.69) is 38.2 Å². The topological polar surface area (TPSA) is 62.8 Å². The van der Waals surface area contributed by atoms with Crippen molar-refractivity contribution >= 4 is 22.6 Å². The Morgan fingerprint density at radius 1 is 0.926 bits per heavy atom. The minimum atomic E-state index is -0.0940. The van der Waals surface area contributed by atoms with Gasteiger partial charge in [0.1, 0.15) is 6.54 Å². The minimum absolute atomic E-state index is 0.0940. The molecule has 0 saturated carbocycles. The smallest absolute Gasteiger partial charge is 0.244 e. The van der Waals surface area contributed by atoms with Crippen molar-refractivity contribution in [2.75, 3.05) is 5.32 Å². The van der Waals surface area contributed by atoms with Crippen molar-refractivity contribution in [2.24, 2.45) is 0 Å². The third-order valence-corrected chi connectivity index (χ3v) is 4.99. The summed E-state index contributed by atoms with van der Waals surface area (Å²) in [5.74, 6) is -0.0940. The van der Waals surface area contributed by atoms with Crippen molar-refractivity contribution in [2.45, 2.75) is 53.1 Å². The number of carbonyl (C=O) groups excluding carboxylic acids is 1. The van der Waals surface area contributed by atoms with Gasteiger partial charge in [-0.3, -0.25) is 10.2 Å². The molecule has 0 radical (unpaired) electrons. The molecule has 0 saturated heterocycles. The maximum absolute atomic E-state index is 12.9. The highest BCUT2D eigenvalue weighted by Gasteiger charge is 2.15. The predicted molar refractivity (Wildman–Crippen MR) is 110 cm³/mol. The van der Waals surface area contributed by atoms with Gasteiger partial charge in [-0.05, 0) is 42.5 Å². The highest BCUT2D eigenvalue weighted by atomic mass is 16.1. The van der Waals surface area contributed by atoms with Crippen LogP contribution in [0.3, 0.4) is 0 Å². The Hall–Kier alpha value is -2.82. The van der Waals surface area contributed by atoms with Gasteiger partial charge in [0.2, 0.25) is 11.5 Å². The van der Waals surface area contributed by atoms with Crippen LogP contribution < -0.4 is 10.9 Å². The number of nitrogens with one attached hydrogen (secondary N) is 2. The molecule has 3 rings (SSSR count). The molecule has 2 N–H and O–H groups in total. The lowest BCUT2D eigenvalue weighted by Gasteiger charge is -2.15. The number of rotatable bonds is 7. The second-order valence-electron chi connectivity index (χ2n) is 6.76. The molecule has 142 valence electrons. The number of aryl methyl sites for hydroxylation is 3. The molecule has 5 nitrogen and oxygen atoms in total. The molecule has 0 spiro atoms. The van der Waals surface area contributed by atoms with E-state index in [9.17, 15) is 4.79 Å². The third kappa shape index (κ3) is 3.68. The maximum atomic E-state index is 12.9. The number of aromatic nitrogens is 2. The Morgan fingerprint density at radius 2 is 1.52 bits per heavy atom. The maximum Gasteiger partial charge on any atom is 0.244 e. The fourth-order valence-corrected chi connectivity index (χ4v) is 3.63. The van der Waals surface area contributed by atoms with Crippen LogP contribution in [0, 0.1) is 5.41 Å². The first kappa shape index (κ1) is 19.0. The van der Waals surface area contributed by atoms with Gasteiger partial charge < -0.3 is 14.5 Å². The molecular formula is C22H28N4O. The lowest BCUT2D eigenvalue weighted by atomic mass is 10.0. The highest BCUT2D eigenvalue weighted by Crippen LogP contribution is 2.23. The third-order valence-electron chi connectivity index (χ3n) is 4.99. The summed E-state index contributed by atoms with van der Waals surface area (Å²) in [4.78, 5) is 12.9. The van der Waals surface area contributed by atoms with E-state index in [1.54, 1.807) is 4.57 Å². The molecular weight excluding hydrogens is 336 g/mol. The molecule has 0 atom stereocenters. The van der Waals surface area contributed by atoms with E-state index in [-0.39, 0.29) is 12.5 Å². The van der Waals surface area contributed by atoms with Gasteiger partial charge in [0.25, 0.3) is 0 Å². The lowest BCUT2D eigenvalue weighted by molar-refractivity contribution is -0.116. The molecule has 1 heterocycles. The van der Waals surface area contributed by atoms with E-state index in [1.807, 2.05) is 34.9 Å². The number of hydrogen-bond donors (Lipinski definition) is 2. The molecule has 27 heavy (non-hydrogen) atoms. The molecule has 2 aromatic carbocycles. The summed E-state index contributed by atoms with van der Waals surface area (Å²) < 4.78 is 3.76. The van der Waals surface area contributed by atoms with Crippen LogP contribution in [0.5, 0.6) is 0 Å². The van der Waals surface area contributed by atoms with Gasteiger partial charge in [0.15, 0.2) is 0 Å². The van der Waals surface area contributed by atoms with Crippen LogP contribution in [-0.4, -0.2) is 15.0 Å². The van der Waals surface area contributed by atoms with Gasteiger partial charge in [-0.1, -0.05) is 51.1 Å². The quantitative estimate of drug-likeness (QED) is 0.651. The zero-order chi connectivity index (χ0) is 19.4. The van der Waals surface area contributed by atoms with Gasteiger partial charge in [0, 0.05) is 12.2 Å². The van der Waals surface area contributed by atoms with Gasteiger partial charge in [0.05, 0.1) is 11.0 Å². The van der Waals surface area contributed by atoms with E-state index >= 15 is 0 Å². The van der Waals surface area contributed by atoms with E-state index in [1.165, 1.54) is 0 Å². The number of imidazole rings is 1. The molecule has 0 aliphatic rings. The Balaban J connectivity index is 1.94. The summed E-state index contributed by atoms with van der Waals surface area (Å²) in [7, 11) is 0. The fraction of sp³-hybridized carbons (Fsp3) is 0.364. The second-order valence-corrected chi connectivity index (χ2v) is 6.76. The molecule has 0 bridgehead atoms. The largest absolute Gasteiger partial charge is 0.324 e. The highest BCUT2D eigenvalue weighted by molar-refractivity contribution is 5.93. The normalized spacial score (nSPS) is 11.1. The van der Waals surface area contributed by atoms with Crippen LogP contribution in [0.25, 0.3) is 11.0 Å². The summed E-state index contributed by atoms with van der Waals surface area (Å²) >= 11 is 0. The van der Waals surface area contributed by atoms with Gasteiger partial charge in [-0.2, -0.15) is 0 Å².